The molecule has 0 aromatic heterocycles. The van der Waals surface area contributed by atoms with Gasteiger partial charge >= 0.3 is 0 Å². The molecule has 1 atom stereocenters. The molecular weight excluding hydrogens is 282 g/mol. The molecule has 0 spiro atoms. The molecule has 0 saturated carbocycles. The standard InChI is InChI=1S/C14H22ClNO2S/c1-3-5-6-11(4-2)10-19(17,18)14-9-12(16)7-8-13(14)15/h7-9,11H,3-6,10,16H2,1-2H3. The average molecular weight is 304 g/mol. The quantitative estimate of drug-likeness (QED) is 0.777. The number of rotatable bonds is 7. The largest absolute Gasteiger partial charge is 0.399 e. The SMILES string of the molecule is CCCCC(CC)CS(=O)(=O)c1cc(N)ccc1Cl. The van der Waals surface area contributed by atoms with E-state index in [1.54, 1.807) is 6.07 Å². The van der Waals surface area contributed by atoms with Gasteiger partial charge < -0.3 is 5.73 Å². The third-order valence-electron chi connectivity index (χ3n) is 3.29. The lowest BCUT2D eigenvalue weighted by atomic mass is 10.0. The number of nitrogens with two attached hydrogens (primary N) is 1. The summed E-state index contributed by atoms with van der Waals surface area (Å²) in [6, 6.07) is 4.59. The Morgan fingerprint density at radius 1 is 1.32 bits per heavy atom. The molecule has 5 heteroatoms. The lowest BCUT2D eigenvalue weighted by Crippen LogP contribution is -2.16. The second kappa shape index (κ2) is 7.15. The van der Waals surface area contributed by atoms with Crippen LogP contribution in [0.25, 0.3) is 0 Å². The van der Waals surface area contributed by atoms with Gasteiger partial charge in [-0.2, -0.15) is 0 Å². The maximum absolute atomic E-state index is 12.4. The predicted molar refractivity (Wildman–Crippen MR) is 81.2 cm³/mol. The van der Waals surface area contributed by atoms with Gasteiger partial charge in [0.15, 0.2) is 9.84 Å². The van der Waals surface area contributed by atoms with Gasteiger partial charge in [0.2, 0.25) is 0 Å². The van der Waals surface area contributed by atoms with E-state index in [-0.39, 0.29) is 21.6 Å². The second-order valence-corrected chi connectivity index (χ2v) is 7.30. The fourth-order valence-corrected chi connectivity index (χ4v) is 4.41. The van der Waals surface area contributed by atoms with Crippen molar-refractivity contribution in [1.82, 2.24) is 0 Å². The summed E-state index contributed by atoms with van der Waals surface area (Å²) in [7, 11) is -3.37. The van der Waals surface area contributed by atoms with Gasteiger partial charge in [-0.3, -0.25) is 0 Å². The molecule has 0 heterocycles. The zero-order valence-corrected chi connectivity index (χ0v) is 13.1. The number of unbranched alkanes of at least 4 members (excludes halogenated alkanes) is 1. The number of benzene rings is 1. The Hall–Kier alpha value is -0.740. The Labute approximate surface area is 121 Å². The summed E-state index contributed by atoms with van der Waals surface area (Å²) in [4.78, 5) is 0.157. The molecular formula is C14H22ClNO2S. The van der Waals surface area contributed by atoms with Gasteiger partial charge in [-0.25, -0.2) is 8.42 Å². The van der Waals surface area contributed by atoms with Crippen LogP contribution in [0.3, 0.4) is 0 Å². The van der Waals surface area contributed by atoms with Crippen LogP contribution in [0.5, 0.6) is 0 Å². The smallest absolute Gasteiger partial charge is 0.180 e. The summed E-state index contributed by atoms with van der Waals surface area (Å²) in [5.41, 5.74) is 6.07. The first kappa shape index (κ1) is 16.3. The van der Waals surface area contributed by atoms with E-state index in [0.29, 0.717) is 5.69 Å². The van der Waals surface area contributed by atoms with E-state index >= 15 is 0 Å². The van der Waals surface area contributed by atoms with Crippen molar-refractivity contribution in [3.63, 3.8) is 0 Å². The lowest BCUT2D eigenvalue weighted by Gasteiger charge is -2.15. The van der Waals surface area contributed by atoms with E-state index < -0.39 is 9.84 Å². The lowest BCUT2D eigenvalue weighted by molar-refractivity contribution is 0.483. The van der Waals surface area contributed by atoms with Crippen molar-refractivity contribution in [2.75, 3.05) is 11.5 Å². The number of nitrogen functional groups attached to an aromatic ring is 1. The Bertz CT molecular complexity index is 514. The van der Waals surface area contributed by atoms with Crippen molar-refractivity contribution in [3.8, 4) is 0 Å². The number of sulfone groups is 1. The van der Waals surface area contributed by atoms with Crippen molar-refractivity contribution in [3.05, 3.63) is 23.2 Å². The summed E-state index contributed by atoms with van der Waals surface area (Å²) in [6.45, 7) is 4.13. The molecule has 0 saturated heterocycles. The highest BCUT2D eigenvalue weighted by molar-refractivity contribution is 7.91. The first-order chi connectivity index (χ1) is 8.90. The fraction of sp³-hybridized carbons (Fsp3) is 0.571. The van der Waals surface area contributed by atoms with Gasteiger partial charge in [0.25, 0.3) is 0 Å². The van der Waals surface area contributed by atoms with Crippen LogP contribution in [0.4, 0.5) is 5.69 Å². The number of halogens is 1. The summed E-state index contributed by atoms with van der Waals surface area (Å²) in [5.74, 6) is 0.328. The molecule has 1 unspecified atom stereocenters. The van der Waals surface area contributed by atoms with Crippen molar-refractivity contribution < 1.29 is 8.42 Å². The molecule has 2 N–H and O–H groups in total. The van der Waals surface area contributed by atoms with Crippen LogP contribution in [-0.4, -0.2) is 14.2 Å². The summed E-state index contributed by atoms with van der Waals surface area (Å²) >= 11 is 5.98. The molecule has 0 amide bonds. The third kappa shape index (κ3) is 4.69. The Kier molecular flexibility index (Phi) is 6.14. The Morgan fingerprint density at radius 2 is 2.00 bits per heavy atom. The maximum Gasteiger partial charge on any atom is 0.180 e. The molecule has 1 aromatic rings. The molecule has 1 aromatic carbocycles. The van der Waals surface area contributed by atoms with Crippen LogP contribution < -0.4 is 5.73 Å². The first-order valence-corrected chi connectivity index (χ1v) is 8.71. The zero-order chi connectivity index (χ0) is 14.5. The monoisotopic (exact) mass is 303 g/mol. The van der Waals surface area contributed by atoms with E-state index in [4.69, 9.17) is 17.3 Å². The number of hydrogen-bond acceptors (Lipinski definition) is 3. The topological polar surface area (TPSA) is 60.2 Å². The summed E-state index contributed by atoms with van der Waals surface area (Å²) < 4.78 is 24.8. The van der Waals surface area contributed by atoms with Gasteiger partial charge in [0, 0.05) is 5.69 Å². The molecule has 3 nitrogen and oxygen atoms in total. The van der Waals surface area contributed by atoms with Crippen molar-refractivity contribution in [2.24, 2.45) is 5.92 Å². The van der Waals surface area contributed by atoms with Crippen LogP contribution in [-0.2, 0) is 9.84 Å². The maximum atomic E-state index is 12.4. The van der Waals surface area contributed by atoms with E-state index in [2.05, 4.69) is 6.92 Å². The van der Waals surface area contributed by atoms with Crippen LogP contribution in [0.1, 0.15) is 39.5 Å². The minimum Gasteiger partial charge on any atom is -0.399 e. The van der Waals surface area contributed by atoms with Gasteiger partial charge in [-0.1, -0.05) is 44.7 Å². The third-order valence-corrected chi connectivity index (χ3v) is 5.65. The highest BCUT2D eigenvalue weighted by Gasteiger charge is 2.22. The highest BCUT2D eigenvalue weighted by atomic mass is 35.5. The fourth-order valence-electron chi connectivity index (χ4n) is 2.06. The molecule has 0 radical (unpaired) electrons. The number of hydrogen-bond donors (Lipinski definition) is 1. The minimum absolute atomic E-state index is 0.146. The van der Waals surface area contributed by atoms with Crippen LogP contribution in [0.15, 0.2) is 23.1 Å². The van der Waals surface area contributed by atoms with E-state index in [1.165, 1.54) is 12.1 Å². The molecule has 1 rings (SSSR count). The van der Waals surface area contributed by atoms with Gasteiger partial charge in [-0.15, -0.1) is 0 Å². The van der Waals surface area contributed by atoms with Crippen LogP contribution in [0.2, 0.25) is 5.02 Å². The van der Waals surface area contributed by atoms with Crippen molar-refractivity contribution in [1.29, 1.82) is 0 Å². The Morgan fingerprint density at radius 3 is 2.58 bits per heavy atom. The average Bonchev–Trinajstić information content (AvgIpc) is 2.37. The van der Waals surface area contributed by atoms with Crippen LogP contribution >= 0.6 is 11.6 Å². The Balaban J connectivity index is 2.93. The van der Waals surface area contributed by atoms with Crippen LogP contribution in [0, 0.1) is 5.92 Å². The summed E-state index contributed by atoms with van der Waals surface area (Å²) in [6.07, 6.45) is 3.93. The normalized spacial score (nSPS) is 13.4. The van der Waals surface area contributed by atoms with E-state index in [1.807, 2.05) is 6.92 Å². The molecule has 0 fully saturated rings. The van der Waals surface area contributed by atoms with Crippen molar-refractivity contribution >= 4 is 27.1 Å². The molecule has 0 aliphatic heterocycles. The minimum atomic E-state index is -3.37. The highest BCUT2D eigenvalue weighted by Crippen LogP contribution is 2.27. The number of anilines is 1. The molecule has 0 bridgehead atoms. The van der Waals surface area contributed by atoms with E-state index in [9.17, 15) is 8.42 Å². The predicted octanol–water partition coefficient (Wildman–Crippen LogP) is 3.91. The van der Waals surface area contributed by atoms with Gasteiger partial charge in [-0.05, 0) is 30.5 Å². The second-order valence-electron chi connectivity index (χ2n) is 4.89. The zero-order valence-electron chi connectivity index (χ0n) is 11.5. The van der Waals surface area contributed by atoms with E-state index in [0.717, 1.165) is 25.7 Å². The molecule has 0 aliphatic carbocycles. The molecule has 19 heavy (non-hydrogen) atoms. The molecule has 108 valence electrons. The summed E-state index contributed by atoms with van der Waals surface area (Å²) in [5, 5.41) is 0.250. The van der Waals surface area contributed by atoms with Gasteiger partial charge in [0.1, 0.15) is 0 Å². The van der Waals surface area contributed by atoms with Crippen molar-refractivity contribution in [2.45, 2.75) is 44.4 Å². The van der Waals surface area contributed by atoms with Gasteiger partial charge in [0.05, 0.1) is 15.7 Å². The first-order valence-electron chi connectivity index (χ1n) is 6.68. The molecule has 0 aliphatic rings.